The van der Waals surface area contributed by atoms with Gasteiger partial charge < -0.3 is 10.1 Å². The number of halogens is 1. The molecule has 3 rings (SSSR count). The molecule has 6 heteroatoms. The van der Waals surface area contributed by atoms with E-state index >= 15 is 0 Å². The molecule has 0 radical (unpaired) electrons. The van der Waals surface area contributed by atoms with Crippen LogP contribution in [0.5, 0.6) is 0 Å². The molecule has 0 saturated heterocycles. The lowest BCUT2D eigenvalue weighted by atomic mass is 9.99. The molecule has 1 aliphatic rings. The zero-order valence-corrected chi connectivity index (χ0v) is 11.0. The summed E-state index contributed by atoms with van der Waals surface area (Å²) in [6, 6.07) is 9.75. The number of pyridine rings is 1. The van der Waals surface area contributed by atoms with Gasteiger partial charge in [-0.05, 0) is 18.2 Å². The van der Waals surface area contributed by atoms with Crippen LogP contribution < -0.4 is 4.90 Å². The van der Waals surface area contributed by atoms with E-state index < -0.39 is 5.82 Å². The molecule has 0 spiro atoms. The number of carbonyl (C=O) groups excluding carboxylic acids is 1. The highest BCUT2D eigenvalue weighted by atomic mass is 19.1. The number of benzene rings is 1. The van der Waals surface area contributed by atoms with Crippen molar-refractivity contribution in [1.82, 2.24) is 4.98 Å². The number of amides is 1. The SMILES string of the molecule is O=C(c1ccc(F)cn1)N1CC/C(=N/O)c2ccccc21. The molecule has 1 amide bonds. The first-order valence-corrected chi connectivity index (χ1v) is 6.44. The van der Waals surface area contributed by atoms with E-state index in [-0.39, 0.29) is 11.6 Å². The smallest absolute Gasteiger partial charge is 0.276 e. The van der Waals surface area contributed by atoms with Crippen LogP contribution in [-0.4, -0.2) is 28.4 Å². The van der Waals surface area contributed by atoms with E-state index in [1.165, 1.54) is 12.1 Å². The lowest BCUT2D eigenvalue weighted by Gasteiger charge is -2.29. The van der Waals surface area contributed by atoms with Crippen molar-refractivity contribution in [3.63, 3.8) is 0 Å². The molecule has 2 heterocycles. The molecule has 0 saturated carbocycles. The fraction of sp³-hybridized carbons (Fsp3) is 0.133. The molecule has 21 heavy (non-hydrogen) atoms. The molecule has 0 unspecified atom stereocenters. The maximum absolute atomic E-state index is 12.9. The third-order valence-corrected chi connectivity index (χ3v) is 3.39. The van der Waals surface area contributed by atoms with Crippen LogP contribution in [0.3, 0.4) is 0 Å². The summed E-state index contributed by atoms with van der Waals surface area (Å²) in [5, 5.41) is 12.3. The zero-order valence-electron chi connectivity index (χ0n) is 11.0. The van der Waals surface area contributed by atoms with Crippen molar-refractivity contribution in [2.45, 2.75) is 6.42 Å². The van der Waals surface area contributed by atoms with Crippen molar-refractivity contribution >= 4 is 17.3 Å². The second-order valence-corrected chi connectivity index (χ2v) is 4.63. The minimum Gasteiger partial charge on any atom is -0.411 e. The summed E-state index contributed by atoms with van der Waals surface area (Å²) in [6.45, 7) is 0.383. The summed E-state index contributed by atoms with van der Waals surface area (Å²) in [5.41, 5.74) is 2.09. The van der Waals surface area contributed by atoms with Gasteiger partial charge in [0.25, 0.3) is 5.91 Å². The summed E-state index contributed by atoms with van der Waals surface area (Å²) in [6.07, 6.45) is 1.46. The Morgan fingerprint density at radius 1 is 1.29 bits per heavy atom. The van der Waals surface area contributed by atoms with Crippen LogP contribution >= 0.6 is 0 Å². The monoisotopic (exact) mass is 285 g/mol. The summed E-state index contributed by atoms with van der Waals surface area (Å²) in [7, 11) is 0. The first-order valence-electron chi connectivity index (χ1n) is 6.44. The number of rotatable bonds is 1. The van der Waals surface area contributed by atoms with Gasteiger partial charge >= 0.3 is 0 Å². The first-order chi connectivity index (χ1) is 10.2. The number of anilines is 1. The number of aromatic nitrogens is 1. The fourth-order valence-corrected chi connectivity index (χ4v) is 2.38. The molecule has 0 atom stereocenters. The molecule has 1 aromatic carbocycles. The van der Waals surface area contributed by atoms with E-state index in [4.69, 9.17) is 5.21 Å². The molecule has 106 valence electrons. The largest absolute Gasteiger partial charge is 0.411 e. The Morgan fingerprint density at radius 2 is 2.10 bits per heavy atom. The van der Waals surface area contributed by atoms with Crippen molar-refractivity contribution in [3.8, 4) is 0 Å². The predicted molar refractivity (Wildman–Crippen MR) is 75.3 cm³/mol. The Labute approximate surface area is 120 Å². The lowest BCUT2D eigenvalue weighted by molar-refractivity contribution is 0.0982. The Morgan fingerprint density at radius 3 is 2.81 bits per heavy atom. The van der Waals surface area contributed by atoms with Gasteiger partial charge in [0.15, 0.2) is 0 Å². The minimum absolute atomic E-state index is 0.176. The second kappa shape index (κ2) is 5.32. The van der Waals surface area contributed by atoms with Crippen LogP contribution in [0.2, 0.25) is 0 Å². The van der Waals surface area contributed by atoms with Crippen molar-refractivity contribution in [2.24, 2.45) is 5.16 Å². The molecule has 0 fully saturated rings. The van der Waals surface area contributed by atoms with Gasteiger partial charge in [-0.2, -0.15) is 0 Å². The average molecular weight is 285 g/mol. The molecule has 1 aliphatic heterocycles. The molecule has 2 aromatic rings. The van der Waals surface area contributed by atoms with Gasteiger partial charge in [0.1, 0.15) is 11.5 Å². The number of hydrogen-bond donors (Lipinski definition) is 1. The molecular weight excluding hydrogens is 273 g/mol. The molecular formula is C15H12FN3O2. The summed E-state index contributed by atoms with van der Waals surface area (Å²) in [4.78, 5) is 17.9. The standard InChI is InChI=1S/C15H12FN3O2/c16-10-5-6-13(17-9-10)15(20)19-8-7-12(18-21)11-3-1-2-4-14(11)19/h1-6,9,21H,7-8H2/b18-12-. The number of para-hydroxylation sites is 1. The predicted octanol–water partition coefficient (Wildman–Crippen LogP) is 2.45. The normalized spacial score (nSPS) is 15.9. The summed E-state index contributed by atoms with van der Waals surface area (Å²) in [5.74, 6) is -0.792. The highest BCUT2D eigenvalue weighted by molar-refractivity contribution is 6.14. The van der Waals surface area contributed by atoms with Gasteiger partial charge in [-0.15, -0.1) is 0 Å². The van der Waals surface area contributed by atoms with Crippen LogP contribution in [-0.2, 0) is 0 Å². The zero-order chi connectivity index (χ0) is 14.8. The van der Waals surface area contributed by atoms with Gasteiger partial charge in [-0.1, -0.05) is 23.4 Å². The van der Waals surface area contributed by atoms with Gasteiger partial charge in [-0.25, -0.2) is 9.37 Å². The Balaban J connectivity index is 2.00. The number of nitrogens with zero attached hydrogens (tertiary/aromatic N) is 3. The van der Waals surface area contributed by atoms with Gasteiger partial charge in [0.2, 0.25) is 0 Å². The maximum atomic E-state index is 12.9. The Hall–Kier alpha value is -2.76. The highest BCUT2D eigenvalue weighted by Crippen LogP contribution is 2.28. The van der Waals surface area contributed by atoms with Gasteiger partial charge in [0.05, 0.1) is 17.6 Å². The van der Waals surface area contributed by atoms with E-state index in [9.17, 15) is 9.18 Å². The molecule has 1 aromatic heterocycles. The lowest BCUT2D eigenvalue weighted by Crippen LogP contribution is -2.38. The maximum Gasteiger partial charge on any atom is 0.276 e. The van der Waals surface area contributed by atoms with Crippen molar-refractivity contribution in [2.75, 3.05) is 11.4 Å². The molecule has 0 aliphatic carbocycles. The number of fused-ring (bicyclic) bond motifs is 1. The number of hydrogen-bond acceptors (Lipinski definition) is 4. The molecule has 1 N–H and O–H groups in total. The third-order valence-electron chi connectivity index (χ3n) is 3.39. The van der Waals surface area contributed by atoms with Crippen LogP contribution in [0.15, 0.2) is 47.8 Å². The van der Waals surface area contributed by atoms with Crippen LogP contribution in [0.1, 0.15) is 22.5 Å². The Bertz CT molecular complexity index is 713. The van der Waals surface area contributed by atoms with E-state index in [0.29, 0.717) is 29.9 Å². The van der Waals surface area contributed by atoms with E-state index in [1.54, 1.807) is 23.1 Å². The summed E-state index contributed by atoms with van der Waals surface area (Å²) >= 11 is 0. The average Bonchev–Trinajstić information content (AvgIpc) is 2.54. The van der Waals surface area contributed by atoms with Gasteiger partial charge in [-0.3, -0.25) is 4.79 Å². The third kappa shape index (κ3) is 2.35. The van der Waals surface area contributed by atoms with Crippen molar-refractivity contribution in [3.05, 3.63) is 59.7 Å². The minimum atomic E-state index is -0.486. The van der Waals surface area contributed by atoms with E-state index in [1.807, 2.05) is 6.07 Å². The van der Waals surface area contributed by atoms with Crippen molar-refractivity contribution in [1.29, 1.82) is 0 Å². The van der Waals surface area contributed by atoms with E-state index in [0.717, 1.165) is 6.20 Å². The topological polar surface area (TPSA) is 65.8 Å². The fourth-order valence-electron chi connectivity index (χ4n) is 2.38. The first kappa shape index (κ1) is 13.2. The van der Waals surface area contributed by atoms with E-state index in [2.05, 4.69) is 10.1 Å². The van der Waals surface area contributed by atoms with Crippen LogP contribution in [0, 0.1) is 5.82 Å². The molecule has 0 bridgehead atoms. The van der Waals surface area contributed by atoms with Crippen LogP contribution in [0.4, 0.5) is 10.1 Å². The Kier molecular flexibility index (Phi) is 3.35. The number of carbonyl (C=O) groups is 1. The number of oxime groups is 1. The quantitative estimate of drug-likeness (QED) is 0.646. The summed E-state index contributed by atoms with van der Waals surface area (Å²) < 4.78 is 12.9. The second-order valence-electron chi connectivity index (χ2n) is 4.63. The van der Waals surface area contributed by atoms with Gasteiger partial charge in [0, 0.05) is 18.5 Å². The highest BCUT2D eigenvalue weighted by Gasteiger charge is 2.27. The van der Waals surface area contributed by atoms with Crippen LogP contribution in [0.25, 0.3) is 0 Å². The van der Waals surface area contributed by atoms with Crippen molar-refractivity contribution < 1.29 is 14.4 Å². The molecule has 5 nitrogen and oxygen atoms in total.